The molecule has 3 aromatic rings. The molecular weight excluding hydrogens is 468 g/mol. The first-order chi connectivity index (χ1) is 16.9. The first kappa shape index (κ1) is 24.0. The topological polar surface area (TPSA) is 77.4 Å². The standard InChI is InChI=1S/C27H23ClN2O5/c1-4-34-24-15-18(13-22-17(2)29-30(26(22)31)20-10-6-5-7-11-20)14-23(28)25(24)35-27(32)19-9-8-12-21(16-19)33-3/h5-16H,4H2,1-3H3. The number of ether oxygens (including phenoxy) is 3. The maximum Gasteiger partial charge on any atom is 0.343 e. The Labute approximate surface area is 208 Å². The fourth-order valence-electron chi connectivity index (χ4n) is 3.53. The average Bonchev–Trinajstić information content (AvgIpc) is 3.15. The van der Waals surface area contributed by atoms with Crippen LogP contribution in [0.1, 0.15) is 29.8 Å². The third kappa shape index (κ3) is 5.20. The van der Waals surface area contributed by atoms with Gasteiger partial charge in [0.25, 0.3) is 5.91 Å². The van der Waals surface area contributed by atoms with Gasteiger partial charge in [-0.05, 0) is 68.0 Å². The van der Waals surface area contributed by atoms with Gasteiger partial charge in [0.1, 0.15) is 5.75 Å². The van der Waals surface area contributed by atoms with Crippen LogP contribution in [0, 0.1) is 0 Å². The van der Waals surface area contributed by atoms with Gasteiger partial charge in [-0.1, -0.05) is 35.9 Å². The Morgan fingerprint density at radius 3 is 2.57 bits per heavy atom. The molecule has 0 bridgehead atoms. The van der Waals surface area contributed by atoms with Crippen molar-refractivity contribution in [3.63, 3.8) is 0 Å². The summed E-state index contributed by atoms with van der Waals surface area (Å²) in [5.74, 6) is 0.0440. The van der Waals surface area contributed by atoms with E-state index in [0.29, 0.717) is 40.5 Å². The predicted molar refractivity (Wildman–Crippen MR) is 136 cm³/mol. The number of benzene rings is 3. The van der Waals surface area contributed by atoms with Crippen LogP contribution in [-0.2, 0) is 4.79 Å². The largest absolute Gasteiger partial charge is 0.497 e. The Balaban J connectivity index is 1.64. The zero-order chi connectivity index (χ0) is 24.9. The van der Waals surface area contributed by atoms with E-state index in [9.17, 15) is 9.59 Å². The molecule has 1 aliphatic rings. The van der Waals surface area contributed by atoms with Crippen molar-refractivity contribution in [3.05, 3.63) is 88.5 Å². The van der Waals surface area contributed by atoms with Gasteiger partial charge in [0.2, 0.25) is 0 Å². The second-order valence-electron chi connectivity index (χ2n) is 7.58. The fraction of sp³-hybridized carbons (Fsp3) is 0.148. The van der Waals surface area contributed by atoms with Gasteiger partial charge in [0, 0.05) is 0 Å². The minimum atomic E-state index is -0.606. The van der Waals surface area contributed by atoms with E-state index < -0.39 is 5.97 Å². The molecule has 0 radical (unpaired) electrons. The molecular formula is C27H23ClN2O5. The molecule has 35 heavy (non-hydrogen) atoms. The van der Waals surface area contributed by atoms with Crippen molar-refractivity contribution in [2.45, 2.75) is 13.8 Å². The summed E-state index contributed by atoms with van der Waals surface area (Å²) >= 11 is 6.51. The molecule has 0 N–H and O–H groups in total. The molecule has 0 spiro atoms. The van der Waals surface area contributed by atoms with Gasteiger partial charge in [0.05, 0.1) is 41.3 Å². The number of hydrogen-bond acceptors (Lipinski definition) is 6. The number of hydrazone groups is 1. The lowest BCUT2D eigenvalue weighted by Gasteiger charge is -2.14. The average molecular weight is 491 g/mol. The molecule has 0 aliphatic carbocycles. The number of anilines is 1. The van der Waals surface area contributed by atoms with Crippen LogP contribution in [-0.4, -0.2) is 31.3 Å². The Hall–Kier alpha value is -4.10. The fourth-order valence-corrected chi connectivity index (χ4v) is 3.79. The highest BCUT2D eigenvalue weighted by Gasteiger charge is 2.29. The first-order valence-corrected chi connectivity index (χ1v) is 11.3. The zero-order valence-corrected chi connectivity index (χ0v) is 20.2. The number of para-hydroxylation sites is 1. The van der Waals surface area contributed by atoms with Crippen LogP contribution in [0.15, 0.2) is 77.4 Å². The summed E-state index contributed by atoms with van der Waals surface area (Å²) in [6.45, 7) is 3.89. The number of methoxy groups -OCH3 is 1. The molecule has 7 nitrogen and oxygen atoms in total. The van der Waals surface area contributed by atoms with Gasteiger partial charge in [-0.15, -0.1) is 0 Å². The summed E-state index contributed by atoms with van der Waals surface area (Å²) in [4.78, 5) is 25.8. The number of nitrogens with zero attached hydrogens (tertiary/aromatic N) is 2. The highest BCUT2D eigenvalue weighted by atomic mass is 35.5. The van der Waals surface area contributed by atoms with Crippen molar-refractivity contribution in [1.82, 2.24) is 0 Å². The lowest BCUT2D eigenvalue weighted by atomic mass is 10.1. The molecule has 1 amide bonds. The Morgan fingerprint density at radius 1 is 1.09 bits per heavy atom. The predicted octanol–water partition coefficient (Wildman–Crippen LogP) is 5.77. The minimum absolute atomic E-state index is 0.0949. The van der Waals surface area contributed by atoms with E-state index in [1.165, 1.54) is 12.1 Å². The minimum Gasteiger partial charge on any atom is -0.497 e. The maximum absolute atomic E-state index is 13.0. The molecule has 0 saturated carbocycles. The zero-order valence-electron chi connectivity index (χ0n) is 19.4. The maximum atomic E-state index is 13.0. The molecule has 0 atom stereocenters. The van der Waals surface area contributed by atoms with E-state index in [-0.39, 0.29) is 22.4 Å². The summed E-state index contributed by atoms with van der Waals surface area (Å²) in [5, 5.41) is 5.91. The monoisotopic (exact) mass is 490 g/mol. The normalized spacial score (nSPS) is 14.2. The summed E-state index contributed by atoms with van der Waals surface area (Å²) < 4.78 is 16.5. The number of amides is 1. The molecule has 0 fully saturated rings. The van der Waals surface area contributed by atoms with Crippen molar-refractivity contribution < 1.29 is 23.8 Å². The molecule has 178 valence electrons. The quantitative estimate of drug-likeness (QED) is 0.238. The summed E-state index contributed by atoms with van der Waals surface area (Å²) in [7, 11) is 1.52. The van der Waals surface area contributed by atoms with Gasteiger partial charge < -0.3 is 14.2 Å². The van der Waals surface area contributed by atoms with Crippen LogP contribution in [0.4, 0.5) is 5.69 Å². The molecule has 0 saturated heterocycles. The van der Waals surface area contributed by atoms with Crippen LogP contribution in [0.5, 0.6) is 17.2 Å². The van der Waals surface area contributed by atoms with E-state index in [1.807, 2.05) is 37.3 Å². The highest BCUT2D eigenvalue weighted by Crippen LogP contribution is 2.38. The Kier molecular flexibility index (Phi) is 7.17. The number of carbonyl (C=O) groups excluding carboxylic acids is 2. The van der Waals surface area contributed by atoms with Gasteiger partial charge in [-0.3, -0.25) is 4.79 Å². The van der Waals surface area contributed by atoms with E-state index in [4.69, 9.17) is 25.8 Å². The number of rotatable bonds is 7. The second-order valence-corrected chi connectivity index (χ2v) is 7.99. The lowest BCUT2D eigenvalue weighted by molar-refractivity contribution is -0.114. The van der Waals surface area contributed by atoms with E-state index in [2.05, 4.69) is 5.10 Å². The van der Waals surface area contributed by atoms with Crippen LogP contribution in [0.25, 0.3) is 6.08 Å². The van der Waals surface area contributed by atoms with Crippen molar-refractivity contribution in [1.29, 1.82) is 0 Å². The molecule has 4 rings (SSSR count). The number of halogens is 1. The Bertz CT molecular complexity index is 1330. The summed E-state index contributed by atoms with van der Waals surface area (Å²) in [6, 6.07) is 19.1. The van der Waals surface area contributed by atoms with E-state index in [0.717, 1.165) is 0 Å². The van der Waals surface area contributed by atoms with Crippen molar-refractivity contribution in [2.24, 2.45) is 5.10 Å². The van der Waals surface area contributed by atoms with Crippen molar-refractivity contribution in [3.8, 4) is 17.2 Å². The SMILES string of the molecule is CCOc1cc(C=C2C(=O)N(c3ccccc3)N=C2C)cc(Cl)c1OC(=O)c1cccc(OC)c1. The van der Waals surface area contributed by atoms with Gasteiger partial charge in [-0.25, -0.2) is 4.79 Å². The second kappa shape index (κ2) is 10.4. The number of esters is 1. The summed E-state index contributed by atoms with van der Waals surface area (Å²) in [5.41, 5.74) is 2.58. The van der Waals surface area contributed by atoms with E-state index in [1.54, 1.807) is 49.4 Å². The molecule has 3 aromatic carbocycles. The first-order valence-electron chi connectivity index (χ1n) is 10.9. The highest BCUT2D eigenvalue weighted by molar-refractivity contribution is 6.33. The van der Waals surface area contributed by atoms with Crippen LogP contribution in [0.2, 0.25) is 5.02 Å². The van der Waals surface area contributed by atoms with Crippen molar-refractivity contribution >= 4 is 41.0 Å². The van der Waals surface area contributed by atoms with Gasteiger partial charge in [0.15, 0.2) is 11.5 Å². The summed E-state index contributed by atoms with van der Waals surface area (Å²) in [6.07, 6.45) is 1.69. The third-order valence-corrected chi connectivity index (χ3v) is 5.49. The lowest BCUT2D eigenvalue weighted by Crippen LogP contribution is -2.21. The van der Waals surface area contributed by atoms with Crippen LogP contribution >= 0.6 is 11.6 Å². The van der Waals surface area contributed by atoms with Crippen molar-refractivity contribution in [2.75, 3.05) is 18.7 Å². The van der Waals surface area contributed by atoms with E-state index >= 15 is 0 Å². The molecule has 0 aromatic heterocycles. The molecule has 1 heterocycles. The smallest absolute Gasteiger partial charge is 0.343 e. The number of hydrogen-bond donors (Lipinski definition) is 0. The third-order valence-electron chi connectivity index (χ3n) is 5.21. The number of carbonyl (C=O) groups is 2. The van der Waals surface area contributed by atoms with Crippen LogP contribution in [0.3, 0.4) is 0 Å². The molecule has 1 aliphatic heterocycles. The van der Waals surface area contributed by atoms with Gasteiger partial charge in [-0.2, -0.15) is 10.1 Å². The van der Waals surface area contributed by atoms with Crippen LogP contribution < -0.4 is 19.2 Å². The van der Waals surface area contributed by atoms with Gasteiger partial charge >= 0.3 is 5.97 Å². The Morgan fingerprint density at radius 2 is 1.86 bits per heavy atom. The molecule has 0 unspecified atom stereocenters. The molecule has 8 heteroatoms.